The smallest absolute Gasteiger partial charge is 0.337 e. The molecule has 1 aromatic rings. The SMILES string of the molecule is C[NH3+].O=C([O-])c1ccc(S(=O)(=O)O)c(C(=O)O)c1. The summed E-state index contributed by atoms with van der Waals surface area (Å²) in [6.07, 6.45) is 0. The fourth-order valence-corrected chi connectivity index (χ4v) is 1.71. The quantitative estimate of drug-likeness (QED) is 0.531. The summed E-state index contributed by atoms with van der Waals surface area (Å²) >= 11 is 0. The second kappa shape index (κ2) is 6.10. The first kappa shape index (κ1) is 16.0. The molecule has 0 aliphatic rings. The maximum atomic E-state index is 10.8. The third-order valence-electron chi connectivity index (χ3n) is 1.72. The number of benzene rings is 1. The van der Waals surface area contributed by atoms with Gasteiger partial charge in [-0.25, -0.2) is 4.79 Å². The van der Waals surface area contributed by atoms with Gasteiger partial charge in [0.1, 0.15) is 4.90 Å². The highest BCUT2D eigenvalue weighted by atomic mass is 32.2. The van der Waals surface area contributed by atoms with Gasteiger partial charge in [-0.1, -0.05) is 6.07 Å². The highest BCUT2D eigenvalue weighted by Crippen LogP contribution is 2.17. The van der Waals surface area contributed by atoms with Crippen molar-refractivity contribution in [3.05, 3.63) is 29.3 Å². The Kier molecular flexibility index (Phi) is 5.43. The predicted octanol–water partition coefficient (Wildman–Crippen LogP) is -2.15. The Balaban J connectivity index is 0.00000137. The molecule has 0 saturated carbocycles. The van der Waals surface area contributed by atoms with Crippen LogP contribution in [0.15, 0.2) is 23.1 Å². The second-order valence-corrected chi connectivity index (χ2v) is 4.17. The fourth-order valence-electron chi connectivity index (χ4n) is 1.05. The van der Waals surface area contributed by atoms with E-state index < -0.39 is 38.1 Å². The number of hydrogen-bond donors (Lipinski definition) is 3. The van der Waals surface area contributed by atoms with E-state index in [0.29, 0.717) is 12.1 Å². The second-order valence-electron chi connectivity index (χ2n) is 2.78. The van der Waals surface area contributed by atoms with E-state index in [9.17, 15) is 23.1 Å². The van der Waals surface area contributed by atoms with E-state index >= 15 is 0 Å². The Morgan fingerprint density at radius 1 is 1.28 bits per heavy atom. The van der Waals surface area contributed by atoms with Gasteiger partial charge in [-0.05, 0) is 17.7 Å². The Labute approximate surface area is 102 Å². The van der Waals surface area contributed by atoms with Crippen molar-refractivity contribution in [1.29, 1.82) is 0 Å². The van der Waals surface area contributed by atoms with Gasteiger partial charge in [0.15, 0.2) is 0 Å². The van der Waals surface area contributed by atoms with Crippen LogP contribution in [0.2, 0.25) is 0 Å². The van der Waals surface area contributed by atoms with E-state index in [-0.39, 0.29) is 0 Å². The van der Waals surface area contributed by atoms with E-state index in [1.165, 1.54) is 0 Å². The maximum Gasteiger partial charge on any atom is 0.337 e. The van der Waals surface area contributed by atoms with Crippen LogP contribution in [0.4, 0.5) is 0 Å². The molecule has 1 rings (SSSR count). The number of carboxylic acid groups (broad SMARTS) is 2. The van der Waals surface area contributed by atoms with Crippen LogP contribution in [0.1, 0.15) is 20.7 Å². The molecule has 0 aliphatic carbocycles. The molecule has 0 bridgehead atoms. The highest BCUT2D eigenvalue weighted by molar-refractivity contribution is 7.86. The molecule has 0 amide bonds. The lowest BCUT2D eigenvalue weighted by Gasteiger charge is -2.06. The van der Waals surface area contributed by atoms with E-state index in [1.54, 1.807) is 7.05 Å². The minimum Gasteiger partial charge on any atom is -0.545 e. The lowest BCUT2D eigenvalue weighted by atomic mass is 10.1. The standard InChI is InChI=1S/C8H6O7S.CH5N/c9-7(10)4-1-2-6(16(13,14)15)5(3-4)8(11)12;1-2/h1-3H,(H,9,10)(H,11,12)(H,13,14,15);2H2,1H3. The van der Waals surface area contributed by atoms with Gasteiger partial charge in [-0.2, -0.15) is 8.42 Å². The van der Waals surface area contributed by atoms with Crippen molar-refractivity contribution in [2.75, 3.05) is 7.05 Å². The summed E-state index contributed by atoms with van der Waals surface area (Å²) in [6.45, 7) is 0. The highest BCUT2D eigenvalue weighted by Gasteiger charge is 2.20. The lowest BCUT2D eigenvalue weighted by molar-refractivity contribution is -0.325. The van der Waals surface area contributed by atoms with Crippen molar-refractivity contribution in [3.8, 4) is 0 Å². The van der Waals surface area contributed by atoms with Crippen molar-refractivity contribution in [2.45, 2.75) is 4.90 Å². The van der Waals surface area contributed by atoms with E-state index in [2.05, 4.69) is 5.73 Å². The van der Waals surface area contributed by atoms with Crippen LogP contribution in [-0.4, -0.2) is 37.1 Å². The molecular formula is C9H11NO7S. The summed E-state index contributed by atoms with van der Waals surface area (Å²) in [6, 6.07) is 2.11. The van der Waals surface area contributed by atoms with Crippen molar-refractivity contribution in [2.24, 2.45) is 0 Å². The average Bonchev–Trinajstić information content (AvgIpc) is 2.29. The number of carboxylic acids is 2. The average molecular weight is 277 g/mol. The third-order valence-corrected chi connectivity index (χ3v) is 2.64. The van der Waals surface area contributed by atoms with Crippen LogP contribution < -0.4 is 10.8 Å². The molecule has 100 valence electrons. The normalized spacial score (nSPS) is 10.2. The molecular weight excluding hydrogens is 266 g/mol. The monoisotopic (exact) mass is 277 g/mol. The Morgan fingerprint density at radius 2 is 1.78 bits per heavy atom. The van der Waals surface area contributed by atoms with Gasteiger partial charge in [-0.15, -0.1) is 0 Å². The molecule has 8 nitrogen and oxygen atoms in total. The molecule has 0 radical (unpaired) electrons. The molecule has 5 N–H and O–H groups in total. The van der Waals surface area contributed by atoms with Crippen LogP contribution >= 0.6 is 0 Å². The first-order valence-corrected chi connectivity index (χ1v) is 5.94. The van der Waals surface area contributed by atoms with Crippen molar-refractivity contribution in [1.82, 2.24) is 0 Å². The molecule has 0 saturated heterocycles. The topological polar surface area (TPSA) is 159 Å². The molecule has 0 unspecified atom stereocenters. The predicted molar refractivity (Wildman–Crippen MR) is 56.4 cm³/mol. The summed E-state index contributed by atoms with van der Waals surface area (Å²) in [4.78, 5) is 20.2. The number of hydrogen-bond acceptors (Lipinski definition) is 5. The zero-order chi connectivity index (χ0) is 14.5. The van der Waals surface area contributed by atoms with Gasteiger partial charge >= 0.3 is 5.97 Å². The molecule has 0 aliphatic heterocycles. The van der Waals surface area contributed by atoms with Crippen LogP contribution in [0.25, 0.3) is 0 Å². The zero-order valence-electron chi connectivity index (χ0n) is 9.28. The molecule has 18 heavy (non-hydrogen) atoms. The number of rotatable bonds is 3. The molecule has 0 aromatic heterocycles. The van der Waals surface area contributed by atoms with Crippen LogP contribution in [0, 0.1) is 0 Å². The first-order valence-electron chi connectivity index (χ1n) is 4.50. The minimum absolute atomic E-state index is 0.496. The van der Waals surface area contributed by atoms with E-state index in [4.69, 9.17) is 9.66 Å². The molecule has 0 fully saturated rings. The summed E-state index contributed by atoms with van der Waals surface area (Å²) in [5.74, 6) is -3.32. The number of carbonyl (C=O) groups is 2. The van der Waals surface area contributed by atoms with Gasteiger partial charge in [0.2, 0.25) is 0 Å². The molecule has 0 atom stereocenters. The van der Waals surface area contributed by atoms with Gasteiger partial charge in [-0.3, -0.25) is 4.55 Å². The third kappa shape index (κ3) is 3.80. The molecule has 1 aromatic carbocycles. The van der Waals surface area contributed by atoms with Gasteiger partial charge in [0, 0.05) is 0 Å². The fraction of sp³-hybridized carbons (Fsp3) is 0.111. The summed E-state index contributed by atoms with van der Waals surface area (Å²) in [5, 5.41) is 19.1. The van der Waals surface area contributed by atoms with E-state index in [1.807, 2.05) is 0 Å². The Bertz CT molecular complexity index is 564. The lowest BCUT2D eigenvalue weighted by Crippen LogP contribution is -2.40. The zero-order valence-corrected chi connectivity index (χ0v) is 10.1. The van der Waals surface area contributed by atoms with Crippen LogP contribution in [0.5, 0.6) is 0 Å². The van der Waals surface area contributed by atoms with Crippen molar-refractivity contribution < 1.29 is 38.5 Å². The first-order chi connectivity index (χ1) is 8.23. The van der Waals surface area contributed by atoms with E-state index in [0.717, 1.165) is 6.07 Å². The molecule has 0 spiro atoms. The summed E-state index contributed by atoms with van der Waals surface area (Å²) < 4.78 is 30.2. The number of aromatic carboxylic acids is 2. The van der Waals surface area contributed by atoms with Gasteiger partial charge in [0.05, 0.1) is 18.6 Å². The Morgan fingerprint density at radius 3 is 2.11 bits per heavy atom. The largest absolute Gasteiger partial charge is 0.545 e. The van der Waals surface area contributed by atoms with Gasteiger partial charge in [0.25, 0.3) is 10.1 Å². The maximum absolute atomic E-state index is 10.8. The number of carbonyl (C=O) groups excluding carboxylic acids is 1. The van der Waals surface area contributed by atoms with Crippen LogP contribution in [-0.2, 0) is 10.1 Å². The summed E-state index contributed by atoms with van der Waals surface area (Å²) in [5.41, 5.74) is 1.92. The molecule has 9 heteroatoms. The van der Waals surface area contributed by atoms with Crippen molar-refractivity contribution in [3.63, 3.8) is 0 Å². The summed E-state index contributed by atoms with van der Waals surface area (Å²) in [7, 11) is -2.97. The van der Waals surface area contributed by atoms with Crippen molar-refractivity contribution >= 4 is 22.1 Å². The molecule has 0 heterocycles. The van der Waals surface area contributed by atoms with Gasteiger partial charge < -0.3 is 20.7 Å². The minimum atomic E-state index is -4.72. The number of quaternary nitrogens is 1. The van der Waals surface area contributed by atoms with Crippen LogP contribution in [0.3, 0.4) is 0 Å². The Hall–Kier alpha value is -1.97.